The van der Waals surface area contributed by atoms with Gasteiger partial charge >= 0.3 is 0 Å². The largest absolute Gasteiger partial charge is 0.455 e. The number of fused-ring (bicyclic) bond motifs is 5. The highest BCUT2D eigenvalue weighted by Crippen LogP contribution is 2.42. The molecule has 5 nitrogen and oxygen atoms in total. The van der Waals surface area contributed by atoms with Gasteiger partial charge in [-0.2, -0.15) is 0 Å². The number of thiazole rings is 1. The van der Waals surface area contributed by atoms with Gasteiger partial charge in [0.05, 0.1) is 10.2 Å². The van der Waals surface area contributed by atoms with Crippen molar-refractivity contribution in [2.75, 3.05) is 0 Å². The number of furan rings is 1. The second-order valence-electron chi connectivity index (χ2n) is 12.2. The molecule has 0 saturated carbocycles. The van der Waals surface area contributed by atoms with Crippen molar-refractivity contribution in [1.29, 1.82) is 0 Å². The lowest BCUT2D eigenvalue weighted by Crippen LogP contribution is -2.00. The van der Waals surface area contributed by atoms with Gasteiger partial charge in [0.2, 0.25) is 0 Å². The van der Waals surface area contributed by atoms with E-state index in [1.54, 1.807) is 11.3 Å². The van der Waals surface area contributed by atoms with Gasteiger partial charge < -0.3 is 4.42 Å². The molecule has 50 heavy (non-hydrogen) atoms. The summed E-state index contributed by atoms with van der Waals surface area (Å²) in [6.45, 7) is 0. The molecule has 0 aliphatic carbocycles. The van der Waals surface area contributed by atoms with E-state index in [-0.39, 0.29) is 0 Å². The van der Waals surface area contributed by atoms with Crippen LogP contribution in [-0.2, 0) is 0 Å². The minimum Gasteiger partial charge on any atom is -0.455 e. The van der Waals surface area contributed by atoms with Crippen molar-refractivity contribution >= 4 is 54.3 Å². The quantitative estimate of drug-likeness (QED) is 0.184. The summed E-state index contributed by atoms with van der Waals surface area (Å²) in [6, 6.07) is 53.9. The van der Waals surface area contributed by atoms with Crippen LogP contribution in [0, 0.1) is 0 Å². The molecule has 234 valence electrons. The molecule has 0 atom stereocenters. The second kappa shape index (κ2) is 11.6. The van der Waals surface area contributed by atoms with Crippen molar-refractivity contribution in [2.45, 2.75) is 0 Å². The Balaban J connectivity index is 1.14. The molecule has 0 fully saturated rings. The molecule has 0 unspecified atom stereocenters. The molecule has 0 radical (unpaired) electrons. The van der Waals surface area contributed by atoms with Gasteiger partial charge in [0.15, 0.2) is 17.5 Å². The van der Waals surface area contributed by atoms with E-state index < -0.39 is 0 Å². The van der Waals surface area contributed by atoms with E-state index in [0.29, 0.717) is 17.5 Å². The molecule has 0 N–H and O–H groups in total. The van der Waals surface area contributed by atoms with E-state index in [2.05, 4.69) is 78.9 Å². The molecule has 0 saturated heterocycles. The molecule has 6 heteroatoms. The molecular weight excluding hydrogens is 633 g/mol. The predicted octanol–water partition coefficient (Wildman–Crippen LogP) is 11.9. The lowest BCUT2D eigenvalue weighted by molar-refractivity contribution is 0.670. The predicted molar refractivity (Wildman–Crippen MR) is 205 cm³/mol. The molecule has 0 spiro atoms. The maximum absolute atomic E-state index is 6.70. The van der Waals surface area contributed by atoms with Gasteiger partial charge in [-0.05, 0) is 28.5 Å². The summed E-state index contributed by atoms with van der Waals surface area (Å²) in [5, 5.41) is 5.29. The molecule has 10 rings (SSSR count). The first kappa shape index (κ1) is 28.5. The summed E-state index contributed by atoms with van der Waals surface area (Å²) in [6.07, 6.45) is 0. The van der Waals surface area contributed by atoms with Gasteiger partial charge in [-0.15, -0.1) is 11.3 Å². The molecule has 0 aliphatic heterocycles. The molecule has 3 aromatic heterocycles. The zero-order valence-electron chi connectivity index (χ0n) is 26.6. The Morgan fingerprint density at radius 2 is 0.960 bits per heavy atom. The number of para-hydroxylation sites is 1. The summed E-state index contributed by atoms with van der Waals surface area (Å²) in [5.41, 5.74) is 8.77. The van der Waals surface area contributed by atoms with Gasteiger partial charge in [0.1, 0.15) is 16.2 Å². The Labute approximate surface area is 291 Å². The highest BCUT2D eigenvalue weighted by molar-refractivity contribution is 7.21. The van der Waals surface area contributed by atoms with Gasteiger partial charge in [-0.3, -0.25) is 0 Å². The van der Waals surface area contributed by atoms with Crippen molar-refractivity contribution in [2.24, 2.45) is 0 Å². The number of hydrogen-bond donors (Lipinski definition) is 0. The number of nitrogens with zero attached hydrogens (tertiary/aromatic N) is 4. The van der Waals surface area contributed by atoms with Gasteiger partial charge in [0.25, 0.3) is 0 Å². The average molecular weight is 659 g/mol. The Kier molecular flexibility index (Phi) is 6.60. The molecule has 0 aliphatic rings. The lowest BCUT2D eigenvalue weighted by atomic mass is 9.93. The van der Waals surface area contributed by atoms with Crippen LogP contribution in [0.4, 0.5) is 0 Å². The van der Waals surface area contributed by atoms with Crippen LogP contribution in [-0.4, -0.2) is 19.9 Å². The standard InChI is InChI=1S/C44H26N4OS/c1-4-13-27(14-5-1)41-46-42(28-15-6-2-7-16-28)48-43(47-41)35-24-23-32(30-19-10-11-20-31(30)35)33-21-12-22-34-36-25-37-39(26-38(36)49-40(33)34)50-44(45-37)29-17-8-3-9-18-29/h1-26H. The first-order valence-electron chi connectivity index (χ1n) is 16.5. The Morgan fingerprint density at radius 1 is 0.400 bits per heavy atom. The monoisotopic (exact) mass is 658 g/mol. The molecule has 10 aromatic rings. The third kappa shape index (κ3) is 4.77. The number of rotatable bonds is 5. The zero-order valence-corrected chi connectivity index (χ0v) is 27.4. The highest BCUT2D eigenvalue weighted by Gasteiger charge is 2.19. The smallest absolute Gasteiger partial charge is 0.164 e. The molecule has 7 aromatic carbocycles. The summed E-state index contributed by atoms with van der Waals surface area (Å²) in [5.74, 6) is 1.91. The SMILES string of the molecule is c1ccc(-c2nc(-c3ccccc3)nc(-c3ccc(-c4cccc5c4oc4cc6sc(-c7ccccc7)nc6cc45)c4ccccc34)n2)cc1. The second-order valence-corrected chi connectivity index (χ2v) is 13.3. The minimum atomic E-state index is 0.629. The lowest BCUT2D eigenvalue weighted by Gasteiger charge is -2.13. The number of benzene rings is 7. The van der Waals surface area contributed by atoms with Gasteiger partial charge in [0, 0.05) is 44.7 Å². The topological polar surface area (TPSA) is 64.7 Å². The summed E-state index contributed by atoms with van der Waals surface area (Å²) < 4.78 is 7.81. The third-order valence-electron chi connectivity index (χ3n) is 9.18. The summed E-state index contributed by atoms with van der Waals surface area (Å²) >= 11 is 1.69. The van der Waals surface area contributed by atoms with Crippen LogP contribution < -0.4 is 0 Å². The van der Waals surface area contributed by atoms with Crippen LogP contribution in [0.5, 0.6) is 0 Å². The fraction of sp³-hybridized carbons (Fsp3) is 0. The molecule has 0 bridgehead atoms. The van der Waals surface area contributed by atoms with Crippen molar-refractivity contribution in [3.63, 3.8) is 0 Å². The fourth-order valence-electron chi connectivity index (χ4n) is 6.79. The van der Waals surface area contributed by atoms with Crippen LogP contribution in [0.2, 0.25) is 0 Å². The zero-order chi connectivity index (χ0) is 33.0. The van der Waals surface area contributed by atoms with Gasteiger partial charge in [-0.25, -0.2) is 19.9 Å². The maximum atomic E-state index is 6.70. The van der Waals surface area contributed by atoms with Crippen LogP contribution in [0.1, 0.15) is 0 Å². The fourth-order valence-corrected chi connectivity index (χ4v) is 7.77. The Morgan fingerprint density at radius 3 is 1.64 bits per heavy atom. The van der Waals surface area contributed by atoms with E-state index in [1.165, 1.54) is 0 Å². The molecule has 3 heterocycles. The minimum absolute atomic E-state index is 0.629. The number of hydrogen-bond acceptors (Lipinski definition) is 6. The normalized spacial score (nSPS) is 11.6. The first-order valence-corrected chi connectivity index (χ1v) is 17.3. The van der Waals surface area contributed by atoms with Crippen LogP contribution >= 0.6 is 11.3 Å². The molecule has 0 amide bonds. The van der Waals surface area contributed by atoms with E-state index in [4.69, 9.17) is 24.4 Å². The maximum Gasteiger partial charge on any atom is 0.164 e. The average Bonchev–Trinajstić information content (AvgIpc) is 3.78. The summed E-state index contributed by atoms with van der Waals surface area (Å²) in [7, 11) is 0. The van der Waals surface area contributed by atoms with Gasteiger partial charge in [-0.1, -0.05) is 140 Å². The van der Waals surface area contributed by atoms with E-state index in [9.17, 15) is 0 Å². The summed E-state index contributed by atoms with van der Waals surface area (Å²) in [4.78, 5) is 20.0. The van der Waals surface area contributed by atoms with E-state index in [1.807, 2.05) is 78.9 Å². The van der Waals surface area contributed by atoms with Crippen molar-refractivity contribution < 1.29 is 4.42 Å². The first-order chi connectivity index (χ1) is 24.8. The highest BCUT2D eigenvalue weighted by atomic mass is 32.1. The van der Waals surface area contributed by atoms with Crippen molar-refractivity contribution in [3.8, 4) is 55.9 Å². The van der Waals surface area contributed by atoms with Crippen LogP contribution in [0.3, 0.4) is 0 Å². The van der Waals surface area contributed by atoms with E-state index in [0.717, 1.165) is 81.3 Å². The number of aromatic nitrogens is 4. The Hall–Kier alpha value is -6.50. The van der Waals surface area contributed by atoms with Crippen molar-refractivity contribution in [1.82, 2.24) is 19.9 Å². The van der Waals surface area contributed by atoms with Crippen LogP contribution in [0.25, 0.3) is 98.8 Å². The van der Waals surface area contributed by atoms with E-state index >= 15 is 0 Å². The van der Waals surface area contributed by atoms with Crippen LogP contribution in [0.15, 0.2) is 162 Å². The third-order valence-corrected chi connectivity index (χ3v) is 10.2. The Bertz CT molecular complexity index is 2810. The molecular formula is C44H26N4OS. The van der Waals surface area contributed by atoms with Crippen molar-refractivity contribution in [3.05, 3.63) is 158 Å².